The van der Waals surface area contributed by atoms with E-state index in [1.54, 1.807) is 6.07 Å². The van der Waals surface area contributed by atoms with Crippen molar-refractivity contribution in [3.05, 3.63) is 40.4 Å². The van der Waals surface area contributed by atoms with Crippen molar-refractivity contribution in [1.82, 2.24) is 30.2 Å². The van der Waals surface area contributed by atoms with Crippen LogP contribution in [0.1, 0.15) is 36.9 Å². The molecular weight excluding hydrogens is 300 g/mol. The summed E-state index contributed by atoms with van der Waals surface area (Å²) >= 11 is 1.51. The molecule has 1 aliphatic rings. The summed E-state index contributed by atoms with van der Waals surface area (Å²) in [6.07, 6.45) is 2.25. The highest BCUT2D eigenvalue weighted by Crippen LogP contribution is 2.39. The molecule has 3 aromatic rings. The normalized spacial score (nSPS) is 16.0. The molecule has 1 aliphatic carbocycles. The zero-order valence-electron chi connectivity index (χ0n) is 11.9. The molecule has 4 rings (SSSR count). The lowest BCUT2D eigenvalue weighted by Gasteiger charge is -2.10. The molecule has 8 heteroatoms. The highest BCUT2D eigenvalue weighted by Gasteiger charge is 2.29. The fourth-order valence-electron chi connectivity index (χ4n) is 2.32. The van der Waals surface area contributed by atoms with Crippen molar-refractivity contribution in [3.63, 3.8) is 0 Å². The topological polar surface area (TPSA) is 89.3 Å². The Labute approximate surface area is 130 Å². The summed E-state index contributed by atoms with van der Waals surface area (Å²) in [5, 5.41) is 13.2. The van der Waals surface area contributed by atoms with Crippen molar-refractivity contribution in [1.29, 1.82) is 0 Å². The van der Waals surface area contributed by atoms with Gasteiger partial charge in [0.15, 0.2) is 0 Å². The summed E-state index contributed by atoms with van der Waals surface area (Å²) in [7, 11) is 0. The summed E-state index contributed by atoms with van der Waals surface area (Å²) in [6.45, 7) is 1.99. The van der Waals surface area contributed by atoms with Crippen LogP contribution in [0.4, 0.5) is 0 Å². The van der Waals surface area contributed by atoms with Gasteiger partial charge in [0.25, 0.3) is 5.56 Å². The van der Waals surface area contributed by atoms with E-state index in [4.69, 9.17) is 0 Å². The minimum Gasteiger partial charge on any atom is -0.309 e. The number of thioether (sulfide) groups is 1. The lowest BCUT2D eigenvalue weighted by Crippen LogP contribution is -2.13. The molecule has 1 N–H and O–H groups in total. The maximum Gasteiger partial charge on any atom is 0.258 e. The van der Waals surface area contributed by atoms with Crippen LogP contribution < -0.4 is 5.56 Å². The third-order valence-electron chi connectivity index (χ3n) is 3.65. The summed E-state index contributed by atoms with van der Waals surface area (Å²) in [4.78, 5) is 19.6. The first kappa shape index (κ1) is 13.4. The van der Waals surface area contributed by atoms with Gasteiger partial charge < -0.3 is 4.98 Å². The first-order valence-electron chi connectivity index (χ1n) is 7.16. The zero-order chi connectivity index (χ0) is 15.1. The lowest BCUT2D eigenvalue weighted by molar-refractivity contribution is 0.564. The van der Waals surface area contributed by atoms with Crippen LogP contribution in [-0.2, 0) is 0 Å². The van der Waals surface area contributed by atoms with E-state index in [0.717, 1.165) is 18.0 Å². The van der Waals surface area contributed by atoms with Crippen molar-refractivity contribution in [3.8, 4) is 0 Å². The summed E-state index contributed by atoms with van der Waals surface area (Å²) in [5.74, 6) is 0.638. The molecular formula is C14H14N6OS. The SMILES string of the molecule is C[C@H](Sc1nnnn1C1CC1)c1nc2ccccc2c(=O)[nH]1. The lowest BCUT2D eigenvalue weighted by atomic mass is 10.2. The number of rotatable bonds is 4. The second-order valence-electron chi connectivity index (χ2n) is 5.37. The third-order valence-corrected chi connectivity index (χ3v) is 4.71. The number of para-hydroxylation sites is 1. The van der Waals surface area contributed by atoms with Gasteiger partial charge in [-0.05, 0) is 42.3 Å². The fourth-order valence-corrected chi connectivity index (χ4v) is 3.24. The molecule has 0 amide bonds. The maximum atomic E-state index is 12.1. The van der Waals surface area contributed by atoms with Crippen molar-refractivity contribution in [2.24, 2.45) is 0 Å². The van der Waals surface area contributed by atoms with Crippen molar-refractivity contribution < 1.29 is 0 Å². The van der Waals surface area contributed by atoms with Crippen molar-refractivity contribution in [2.45, 2.75) is 36.2 Å². The molecule has 2 heterocycles. The molecule has 0 radical (unpaired) electrons. The molecule has 1 aromatic carbocycles. The minimum absolute atomic E-state index is 0.0409. The number of aromatic amines is 1. The third kappa shape index (κ3) is 2.39. The minimum atomic E-state index is -0.116. The monoisotopic (exact) mass is 314 g/mol. The highest BCUT2D eigenvalue weighted by atomic mass is 32.2. The number of hydrogen-bond donors (Lipinski definition) is 1. The first-order chi connectivity index (χ1) is 10.7. The van der Waals surface area contributed by atoms with Crippen molar-refractivity contribution >= 4 is 22.7 Å². The number of tetrazole rings is 1. The van der Waals surface area contributed by atoms with Gasteiger partial charge in [0.1, 0.15) is 5.82 Å². The number of benzene rings is 1. The maximum absolute atomic E-state index is 12.1. The fraction of sp³-hybridized carbons (Fsp3) is 0.357. The molecule has 1 fully saturated rings. The molecule has 1 saturated carbocycles. The summed E-state index contributed by atoms with van der Waals surface area (Å²) in [6, 6.07) is 7.76. The Hall–Kier alpha value is -2.22. The van der Waals surface area contributed by atoms with E-state index in [-0.39, 0.29) is 10.8 Å². The largest absolute Gasteiger partial charge is 0.309 e. The second-order valence-corrected chi connectivity index (χ2v) is 6.67. The van der Waals surface area contributed by atoms with Crippen LogP contribution in [0, 0.1) is 0 Å². The summed E-state index contributed by atoms with van der Waals surface area (Å²) in [5.41, 5.74) is 0.588. The Kier molecular flexibility index (Phi) is 3.18. The van der Waals surface area contributed by atoms with Crippen LogP contribution in [0.2, 0.25) is 0 Å². The van der Waals surface area contributed by atoms with Crippen LogP contribution in [-0.4, -0.2) is 30.2 Å². The van der Waals surface area contributed by atoms with E-state index >= 15 is 0 Å². The van der Waals surface area contributed by atoms with Gasteiger partial charge in [-0.1, -0.05) is 23.9 Å². The van der Waals surface area contributed by atoms with Crippen LogP contribution in [0.3, 0.4) is 0 Å². The van der Waals surface area contributed by atoms with Gasteiger partial charge in [0, 0.05) is 0 Å². The van der Waals surface area contributed by atoms with E-state index in [0.29, 0.717) is 22.8 Å². The number of nitrogens with one attached hydrogen (secondary N) is 1. The number of nitrogens with zero attached hydrogens (tertiary/aromatic N) is 5. The van der Waals surface area contributed by atoms with Gasteiger partial charge >= 0.3 is 0 Å². The van der Waals surface area contributed by atoms with E-state index in [1.165, 1.54) is 11.8 Å². The Morgan fingerprint density at radius 2 is 2.18 bits per heavy atom. The molecule has 2 aromatic heterocycles. The Balaban J connectivity index is 1.66. The number of H-pyrrole nitrogens is 1. The zero-order valence-corrected chi connectivity index (χ0v) is 12.7. The number of aromatic nitrogens is 6. The highest BCUT2D eigenvalue weighted by molar-refractivity contribution is 7.99. The van der Waals surface area contributed by atoms with Gasteiger partial charge in [-0.25, -0.2) is 9.67 Å². The molecule has 7 nitrogen and oxygen atoms in total. The Morgan fingerprint density at radius 3 is 3.00 bits per heavy atom. The molecule has 22 heavy (non-hydrogen) atoms. The molecule has 0 saturated heterocycles. The van der Waals surface area contributed by atoms with Crippen molar-refractivity contribution in [2.75, 3.05) is 0 Å². The standard InChI is InChI=1S/C14H14N6OS/c1-8(22-14-17-18-19-20(14)9-6-7-9)12-15-11-5-3-2-4-10(11)13(21)16-12/h2-5,8-9H,6-7H2,1H3,(H,15,16,21)/t8-/m0/s1. The number of hydrogen-bond acceptors (Lipinski definition) is 6. The Morgan fingerprint density at radius 1 is 1.36 bits per heavy atom. The van der Waals surface area contributed by atoms with E-state index < -0.39 is 0 Å². The van der Waals surface area contributed by atoms with Crippen LogP contribution in [0.5, 0.6) is 0 Å². The van der Waals surface area contributed by atoms with E-state index in [1.807, 2.05) is 29.8 Å². The first-order valence-corrected chi connectivity index (χ1v) is 8.04. The van der Waals surface area contributed by atoms with Gasteiger partial charge in [0.05, 0.1) is 22.2 Å². The quantitative estimate of drug-likeness (QED) is 0.742. The predicted molar refractivity (Wildman–Crippen MR) is 82.7 cm³/mol. The predicted octanol–water partition coefficient (Wildman–Crippen LogP) is 2.10. The van der Waals surface area contributed by atoms with Gasteiger partial charge in [-0.3, -0.25) is 4.79 Å². The van der Waals surface area contributed by atoms with Crippen LogP contribution >= 0.6 is 11.8 Å². The average Bonchev–Trinajstić information content (AvgIpc) is 3.27. The van der Waals surface area contributed by atoms with E-state index in [2.05, 4.69) is 25.5 Å². The van der Waals surface area contributed by atoms with Gasteiger partial charge in [-0.2, -0.15) is 0 Å². The van der Waals surface area contributed by atoms with Crippen LogP contribution in [0.15, 0.2) is 34.2 Å². The van der Waals surface area contributed by atoms with Gasteiger partial charge in [-0.15, -0.1) is 5.10 Å². The molecule has 112 valence electrons. The Bertz CT molecular complexity index is 884. The second kappa shape index (κ2) is 5.20. The summed E-state index contributed by atoms with van der Waals surface area (Å²) < 4.78 is 1.86. The van der Waals surface area contributed by atoms with E-state index in [9.17, 15) is 4.79 Å². The average molecular weight is 314 g/mol. The molecule has 0 bridgehead atoms. The van der Waals surface area contributed by atoms with Gasteiger partial charge in [0.2, 0.25) is 5.16 Å². The smallest absolute Gasteiger partial charge is 0.258 e. The number of fused-ring (bicyclic) bond motifs is 1. The van der Waals surface area contributed by atoms with Crippen LogP contribution in [0.25, 0.3) is 10.9 Å². The molecule has 0 unspecified atom stereocenters. The molecule has 0 aliphatic heterocycles. The molecule has 1 atom stereocenters. The molecule has 0 spiro atoms.